The van der Waals surface area contributed by atoms with Crippen molar-refractivity contribution in [1.82, 2.24) is 15.2 Å². The first-order chi connectivity index (χ1) is 10.5. The molecular formula is C17H28N4O. The van der Waals surface area contributed by atoms with E-state index >= 15 is 0 Å². The number of pyridine rings is 1. The Kier molecular flexibility index (Phi) is 5.77. The van der Waals surface area contributed by atoms with Gasteiger partial charge in [-0.2, -0.15) is 0 Å². The van der Waals surface area contributed by atoms with Crippen molar-refractivity contribution in [3.05, 3.63) is 24.0 Å². The summed E-state index contributed by atoms with van der Waals surface area (Å²) in [6, 6.07) is 3.94. The third-order valence-electron chi connectivity index (χ3n) is 3.76. The zero-order valence-corrected chi connectivity index (χ0v) is 14.2. The van der Waals surface area contributed by atoms with Crippen LogP contribution in [-0.4, -0.2) is 54.6 Å². The van der Waals surface area contributed by atoms with Crippen molar-refractivity contribution < 1.29 is 4.79 Å². The number of aromatic nitrogens is 1. The third-order valence-corrected chi connectivity index (χ3v) is 3.76. The van der Waals surface area contributed by atoms with Gasteiger partial charge in [0.2, 0.25) is 0 Å². The topological polar surface area (TPSA) is 48.5 Å². The van der Waals surface area contributed by atoms with Crippen LogP contribution in [0.5, 0.6) is 0 Å². The predicted octanol–water partition coefficient (Wildman–Crippen LogP) is 2.00. The molecule has 0 unspecified atom stereocenters. The Hall–Kier alpha value is -1.62. The van der Waals surface area contributed by atoms with E-state index in [0.29, 0.717) is 11.6 Å². The van der Waals surface area contributed by atoms with Crippen LogP contribution in [0.4, 0.5) is 5.69 Å². The van der Waals surface area contributed by atoms with E-state index in [1.165, 1.54) is 6.54 Å². The van der Waals surface area contributed by atoms with Crippen LogP contribution in [0.3, 0.4) is 0 Å². The summed E-state index contributed by atoms with van der Waals surface area (Å²) < 4.78 is 0. The van der Waals surface area contributed by atoms with Gasteiger partial charge in [-0.25, -0.2) is 4.98 Å². The lowest BCUT2D eigenvalue weighted by Crippen LogP contribution is -2.47. The minimum absolute atomic E-state index is 0.108. The molecule has 1 aliphatic heterocycles. The molecule has 5 heteroatoms. The van der Waals surface area contributed by atoms with E-state index in [1.54, 1.807) is 0 Å². The number of amides is 1. The SMILES string of the molecule is CC(C)CN1CCN(c2ccc(C(=O)NC(C)C)nc2)CC1. The molecule has 0 saturated carbocycles. The molecule has 2 rings (SSSR count). The molecule has 0 atom stereocenters. The number of nitrogens with zero attached hydrogens (tertiary/aromatic N) is 3. The molecule has 0 aliphatic carbocycles. The number of nitrogens with one attached hydrogen (secondary N) is 1. The van der Waals surface area contributed by atoms with Crippen molar-refractivity contribution in [3.63, 3.8) is 0 Å². The van der Waals surface area contributed by atoms with Crippen molar-refractivity contribution in [2.24, 2.45) is 5.92 Å². The van der Waals surface area contributed by atoms with Gasteiger partial charge in [-0.05, 0) is 31.9 Å². The molecule has 1 N–H and O–H groups in total. The van der Waals surface area contributed by atoms with Crippen LogP contribution in [0.2, 0.25) is 0 Å². The first-order valence-corrected chi connectivity index (χ1v) is 8.20. The highest BCUT2D eigenvalue weighted by Crippen LogP contribution is 2.16. The Morgan fingerprint density at radius 2 is 1.86 bits per heavy atom. The van der Waals surface area contributed by atoms with Gasteiger partial charge < -0.3 is 10.2 Å². The van der Waals surface area contributed by atoms with Crippen molar-refractivity contribution >= 4 is 11.6 Å². The molecule has 1 fully saturated rings. The average Bonchev–Trinajstić information content (AvgIpc) is 2.47. The molecule has 1 aromatic rings. The molecule has 1 aromatic heterocycles. The fourth-order valence-electron chi connectivity index (χ4n) is 2.75. The number of rotatable bonds is 5. The lowest BCUT2D eigenvalue weighted by atomic mass is 10.2. The fraction of sp³-hybridized carbons (Fsp3) is 0.647. The molecule has 0 aromatic carbocycles. The predicted molar refractivity (Wildman–Crippen MR) is 90.3 cm³/mol. The number of carbonyl (C=O) groups excluding carboxylic acids is 1. The average molecular weight is 304 g/mol. The van der Waals surface area contributed by atoms with E-state index in [-0.39, 0.29) is 11.9 Å². The first-order valence-electron chi connectivity index (χ1n) is 8.20. The van der Waals surface area contributed by atoms with Crippen LogP contribution in [0.15, 0.2) is 18.3 Å². The van der Waals surface area contributed by atoms with Gasteiger partial charge in [0.25, 0.3) is 5.91 Å². The summed E-state index contributed by atoms with van der Waals surface area (Å²) >= 11 is 0. The maximum Gasteiger partial charge on any atom is 0.270 e. The summed E-state index contributed by atoms with van der Waals surface area (Å²) in [5.74, 6) is 0.607. The fourth-order valence-corrected chi connectivity index (χ4v) is 2.75. The summed E-state index contributed by atoms with van der Waals surface area (Å²) in [6.45, 7) is 13.8. The second kappa shape index (κ2) is 7.58. The van der Waals surface area contributed by atoms with E-state index in [2.05, 4.69) is 33.9 Å². The van der Waals surface area contributed by atoms with Gasteiger partial charge in [-0.1, -0.05) is 13.8 Å². The first kappa shape index (κ1) is 16.7. The van der Waals surface area contributed by atoms with Crippen LogP contribution in [0.25, 0.3) is 0 Å². The van der Waals surface area contributed by atoms with Gasteiger partial charge in [-0.3, -0.25) is 9.69 Å². The monoisotopic (exact) mass is 304 g/mol. The Balaban J connectivity index is 1.90. The van der Waals surface area contributed by atoms with E-state index in [4.69, 9.17) is 0 Å². The van der Waals surface area contributed by atoms with Crippen molar-refractivity contribution in [1.29, 1.82) is 0 Å². The Labute approximate surface area is 133 Å². The largest absolute Gasteiger partial charge is 0.368 e. The molecule has 5 nitrogen and oxygen atoms in total. The lowest BCUT2D eigenvalue weighted by molar-refractivity contribution is 0.0938. The quantitative estimate of drug-likeness (QED) is 0.904. The van der Waals surface area contributed by atoms with Crippen molar-refractivity contribution in [2.45, 2.75) is 33.7 Å². The minimum atomic E-state index is -0.108. The van der Waals surface area contributed by atoms with Gasteiger partial charge in [0.1, 0.15) is 5.69 Å². The van der Waals surface area contributed by atoms with E-state index in [0.717, 1.165) is 31.9 Å². The van der Waals surface area contributed by atoms with Crippen molar-refractivity contribution in [3.8, 4) is 0 Å². The van der Waals surface area contributed by atoms with Gasteiger partial charge in [0, 0.05) is 38.8 Å². The van der Waals surface area contributed by atoms with E-state index in [1.807, 2.05) is 32.2 Å². The van der Waals surface area contributed by atoms with E-state index < -0.39 is 0 Å². The highest BCUT2D eigenvalue weighted by atomic mass is 16.1. The number of hydrogen-bond donors (Lipinski definition) is 1. The number of hydrogen-bond acceptors (Lipinski definition) is 4. The number of anilines is 1. The van der Waals surface area contributed by atoms with Gasteiger partial charge in [0.05, 0.1) is 11.9 Å². The standard InChI is InChI=1S/C17H28N4O/c1-13(2)12-20-7-9-21(10-8-20)15-5-6-16(18-11-15)17(22)19-14(3)4/h5-6,11,13-14H,7-10,12H2,1-4H3,(H,19,22). The zero-order valence-electron chi connectivity index (χ0n) is 14.2. The van der Waals surface area contributed by atoms with Crippen LogP contribution in [0.1, 0.15) is 38.2 Å². The van der Waals surface area contributed by atoms with Gasteiger partial charge in [0.15, 0.2) is 0 Å². The Morgan fingerprint density at radius 3 is 2.36 bits per heavy atom. The van der Waals surface area contributed by atoms with Crippen LogP contribution in [0, 0.1) is 5.92 Å². The number of carbonyl (C=O) groups is 1. The minimum Gasteiger partial charge on any atom is -0.368 e. The molecule has 22 heavy (non-hydrogen) atoms. The van der Waals surface area contributed by atoms with Crippen LogP contribution >= 0.6 is 0 Å². The molecule has 0 radical (unpaired) electrons. The molecule has 1 saturated heterocycles. The molecule has 0 bridgehead atoms. The molecule has 0 spiro atoms. The summed E-state index contributed by atoms with van der Waals surface area (Å²) in [6.07, 6.45) is 1.81. The molecule has 1 amide bonds. The Bertz CT molecular complexity index is 476. The highest BCUT2D eigenvalue weighted by Gasteiger charge is 2.18. The second-order valence-corrected chi connectivity index (χ2v) is 6.71. The van der Waals surface area contributed by atoms with Crippen LogP contribution in [-0.2, 0) is 0 Å². The summed E-state index contributed by atoms with van der Waals surface area (Å²) in [4.78, 5) is 21.1. The smallest absolute Gasteiger partial charge is 0.270 e. The second-order valence-electron chi connectivity index (χ2n) is 6.71. The highest BCUT2D eigenvalue weighted by molar-refractivity contribution is 5.92. The summed E-state index contributed by atoms with van der Waals surface area (Å²) in [7, 11) is 0. The molecule has 122 valence electrons. The molecule has 1 aliphatic rings. The Morgan fingerprint density at radius 1 is 1.18 bits per heavy atom. The summed E-state index contributed by atoms with van der Waals surface area (Å²) in [5, 5.41) is 2.86. The maximum atomic E-state index is 11.9. The zero-order chi connectivity index (χ0) is 16.1. The molecule has 2 heterocycles. The lowest BCUT2D eigenvalue weighted by Gasteiger charge is -2.36. The van der Waals surface area contributed by atoms with Gasteiger partial charge in [-0.15, -0.1) is 0 Å². The number of piperazine rings is 1. The van der Waals surface area contributed by atoms with E-state index in [9.17, 15) is 4.79 Å². The summed E-state index contributed by atoms with van der Waals surface area (Å²) in [5.41, 5.74) is 1.58. The third kappa shape index (κ3) is 4.70. The van der Waals surface area contributed by atoms with Crippen LogP contribution < -0.4 is 10.2 Å². The van der Waals surface area contributed by atoms with Crippen molar-refractivity contribution in [2.75, 3.05) is 37.6 Å². The maximum absolute atomic E-state index is 11.9. The normalized spacial score (nSPS) is 16.4. The van der Waals surface area contributed by atoms with Gasteiger partial charge >= 0.3 is 0 Å². The molecular weight excluding hydrogens is 276 g/mol.